The van der Waals surface area contributed by atoms with E-state index in [-0.39, 0.29) is 11.1 Å². The van der Waals surface area contributed by atoms with Crippen LogP contribution in [0.25, 0.3) is 0 Å². The summed E-state index contributed by atoms with van der Waals surface area (Å²) in [5.41, 5.74) is 6.66. The molecule has 1 aromatic carbocycles. The number of primary amides is 1. The van der Waals surface area contributed by atoms with Gasteiger partial charge in [0.05, 0.1) is 17.4 Å². The molecule has 7 nitrogen and oxygen atoms in total. The summed E-state index contributed by atoms with van der Waals surface area (Å²) in [6.45, 7) is 0. The molecule has 0 aliphatic carbocycles. The third kappa shape index (κ3) is 3.85. The van der Waals surface area contributed by atoms with Crippen LogP contribution < -0.4 is 11.2 Å². The number of hydrogen-bond acceptors (Lipinski definition) is 5. The maximum atomic E-state index is 11.5. The third-order valence-corrected chi connectivity index (χ3v) is 2.11. The van der Waals surface area contributed by atoms with Crippen molar-refractivity contribution in [3.63, 3.8) is 0 Å². The number of carbonyl (C=O) groups is 2. The first-order valence-corrected chi connectivity index (χ1v) is 6.20. The SMILES string of the molecule is CS(=O)(=O)ONC(=O)c1ccccc1C(N)=O. The lowest BCUT2D eigenvalue weighted by Crippen LogP contribution is -2.29. The molecule has 0 radical (unpaired) electrons. The van der Waals surface area contributed by atoms with E-state index in [1.54, 1.807) is 5.48 Å². The number of rotatable bonds is 4. The van der Waals surface area contributed by atoms with Gasteiger partial charge in [-0.1, -0.05) is 12.1 Å². The summed E-state index contributed by atoms with van der Waals surface area (Å²) < 4.78 is 25.4. The molecule has 1 aromatic rings. The van der Waals surface area contributed by atoms with E-state index in [0.29, 0.717) is 0 Å². The van der Waals surface area contributed by atoms with Crippen LogP contribution in [0.3, 0.4) is 0 Å². The monoisotopic (exact) mass is 258 g/mol. The van der Waals surface area contributed by atoms with Gasteiger partial charge in [0.25, 0.3) is 16.0 Å². The van der Waals surface area contributed by atoms with Crippen molar-refractivity contribution >= 4 is 21.9 Å². The van der Waals surface area contributed by atoms with Crippen LogP contribution in [0.5, 0.6) is 0 Å². The summed E-state index contributed by atoms with van der Waals surface area (Å²) in [6, 6.07) is 5.69. The van der Waals surface area contributed by atoms with Gasteiger partial charge in [-0.15, -0.1) is 4.28 Å². The molecule has 0 heterocycles. The number of hydrogen-bond donors (Lipinski definition) is 2. The Balaban J connectivity index is 2.93. The molecule has 0 aliphatic rings. The second-order valence-corrected chi connectivity index (χ2v) is 4.70. The van der Waals surface area contributed by atoms with Crippen molar-refractivity contribution in [3.8, 4) is 0 Å². The minimum absolute atomic E-state index is 0.0258. The van der Waals surface area contributed by atoms with Gasteiger partial charge < -0.3 is 5.73 Å². The normalized spacial score (nSPS) is 10.9. The number of amides is 2. The van der Waals surface area contributed by atoms with Crippen molar-refractivity contribution in [2.75, 3.05) is 6.26 Å². The molecule has 0 atom stereocenters. The molecule has 0 saturated carbocycles. The van der Waals surface area contributed by atoms with Gasteiger partial charge in [-0.3, -0.25) is 9.59 Å². The second-order valence-electron chi connectivity index (χ2n) is 3.13. The number of benzene rings is 1. The summed E-state index contributed by atoms with van der Waals surface area (Å²) in [6.07, 6.45) is 0.771. The summed E-state index contributed by atoms with van der Waals surface area (Å²) in [5, 5.41) is 0. The fourth-order valence-corrected chi connectivity index (χ4v) is 1.29. The molecule has 0 unspecified atom stereocenters. The van der Waals surface area contributed by atoms with Gasteiger partial charge in [0, 0.05) is 0 Å². The lowest BCUT2D eigenvalue weighted by Gasteiger charge is -2.06. The van der Waals surface area contributed by atoms with Crippen LogP contribution >= 0.6 is 0 Å². The highest BCUT2D eigenvalue weighted by Gasteiger charge is 2.15. The Bertz CT molecular complexity index is 552. The van der Waals surface area contributed by atoms with Crippen molar-refractivity contribution in [2.24, 2.45) is 5.73 Å². The quantitative estimate of drug-likeness (QED) is 0.700. The van der Waals surface area contributed by atoms with Gasteiger partial charge in [-0.25, -0.2) is 5.48 Å². The molecular weight excluding hydrogens is 248 g/mol. The molecule has 17 heavy (non-hydrogen) atoms. The minimum Gasteiger partial charge on any atom is -0.366 e. The van der Waals surface area contributed by atoms with E-state index in [4.69, 9.17) is 5.73 Å². The second kappa shape index (κ2) is 4.93. The summed E-state index contributed by atoms with van der Waals surface area (Å²) in [5.74, 6) is -1.67. The van der Waals surface area contributed by atoms with Gasteiger partial charge in [0.15, 0.2) is 0 Å². The van der Waals surface area contributed by atoms with Crippen molar-refractivity contribution in [1.29, 1.82) is 0 Å². The van der Waals surface area contributed by atoms with Crippen LogP contribution in [0, 0.1) is 0 Å². The first kappa shape index (κ1) is 13.1. The molecular formula is C9H10N2O5S. The number of carbonyl (C=O) groups excluding carboxylic acids is 2. The van der Waals surface area contributed by atoms with Gasteiger partial charge in [-0.05, 0) is 12.1 Å². The first-order valence-electron chi connectivity index (χ1n) is 4.39. The molecule has 2 amide bonds. The van der Waals surface area contributed by atoms with E-state index in [2.05, 4.69) is 4.28 Å². The maximum absolute atomic E-state index is 11.5. The highest BCUT2D eigenvalue weighted by atomic mass is 32.2. The van der Waals surface area contributed by atoms with E-state index in [1.807, 2.05) is 0 Å². The Kier molecular flexibility index (Phi) is 3.81. The van der Waals surface area contributed by atoms with Crippen LogP contribution in [-0.2, 0) is 14.4 Å². The average Bonchev–Trinajstić information content (AvgIpc) is 2.25. The summed E-state index contributed by atoms with van der Waals surface area (Å²) in [4.78, 5) is 22.5. The van der Waals surface area contributed by atoms with Crippen molar-refractivity contribution in [1.82, 2.24) is 5.48 Å². The van der Waals surface area contributed by atoms with Gasteiger partial charge in [-0.2, -0.15) is 8.42 Å². The molecule has 0 bridgehead atoms. The lowest BCUT2D eigenvalue weighted by atomic mass is 10.1. The van der Waals surface area contributed by atoms with E-state index >= 15 is 0 Å². The largest absolute Gasteiger partial charge is 0.366 e. The summed E-state index contributed by atoms with van der Waals surface area (Å²) >= 11 is 0. The van der Waals surface area contributed by atoms with E-state index in [1.165, 1.54) is 24.3 Å². The lowest BCUT2D eigenvalue weighted by molar-refractivity contribution is 0.0768. The van der Waals surface area contributed by atoms with Crippen LogP contribution in [0.15, 0.2) is 24.3 Å². The smallest absolute Gasteiger partial charge is 0.285 e. The van der Waals surface area contributed by atoms with Gasteiger partial charge in [0.2, 0.25) is 5.91 Å². The topological polar surface area (TPSA) is 116 Å². The molecule has 0 fully saturated rings. The van der Waals surface area contributed by atoms with Crippen LogP contribution in [0.4, 0.5) is 0 Å². The zero-order valence-corrected chi connectivity index (χ0v) is 9.65. The molecule has 8 heteroatoms. The molecule has 92 valence electrons. The third-order valence-electron chi connectivity index (χ3n) is 1.72. The van der Waals surface area contributed by atoms with Gasteiger partial charge in [0.1, 0.15) is 0 Å². The number of nitrogens with two attached hydrogens (primary N) is 1. The zero-order valence-electron chi connectivity index (χ0n) is 8.84. The van der Waals surface area contributed by atoms with E-state index in [9.17, 15) is 18.0 Å². The highest BCUT2D eigenvalue weighted by molar-refractivity contribution is 7.85. The Morgan fingerprint density at radius 3 is 2.24 bits per heavy atom. The van der Waals surface area contributed by atoms with E-state index < -0.39 is 21.9 Å². The Morgan fingerprint density at radius 1 is 1.24 bits per heavy atom. The van der Waals surface area contributed by atoms with E-state index in [0.717, 1.165) is 6.26 Å². The minimum atomic E-state index is -3.81. The standard InChI is InChI=1S/C9H10N2O5S/c1-17(14,15)16-11-9(13)7-5-3-2-4-6(7)8(10)12/h2-5H,1H3,(H2,10,12)(H,11,13). The Morgan fingerprint density at radius 2 is 1.76 bits per heavy atom. The summed E-state index contributed by atoms with van der Waals surface area (Å²) in [7, 11) is -3.81. The van der Waals surface area contributed by atoms with Crippen molar-refractivity contribution < 1.29 is 22.3 Å². The first-order chi connectivity index (χ1) is 7.81. The molecule has 0 saturated heterocycles. The van der Waals surface area contributed by atoms with Crippen LogP contribution in [0.2, 0.25) is 0 Å². The average molecular weight is 258 g/mol. The molecule has 1 rings (SSSR count). The molecule has 0 spiro atoms. The Hall–Kier alpha value is -1.93. The van der Waals surface area contributed by atoms with Gasteiger partial charge >= 0.3 is 0 Å². The fraction of sp³-hybridized carbons (Fsp3) is 0.111. The zero-order chi connectivity index (χ0) is 13.1. The molecule has 0 aliphatic heterocycles. The van der Waals surface area contributed by atoms with Crippen LogP contribution in [-0.4, -0.2) is 26.5 Å². The highest BCUT2D eigenvalue weighted by Crippen LogP contribution is 2.07. The van der Waals surface area contributed by atoms with Crippen LogP contribution in [0.1, 0.15) is 20.7 Å². The van der Waals surface area contributed by atoms with Crippen molar-refractivity contribution in [3.05, 3.63) is 35.4 Å². The van der Waals surface area contributed by atoms with Crippen molar-refractivity contribution in [2.45, 2.75) is 0 Å². The molecule has 0 aromatic heterocycles. The predicted molar refractivity (Wildman–Crippen MR) is 58.4 cm³/mol. The maximum Gasteiger partial charge on any atom is 0.285 e. The molecule has 3 N–H and O–H groups in total. The Labute approximate surface area is 97.6 Å². The number of hydroxylamine groups is 1. The predicted octanol–water partition coefficient (Wildman–Crippen LogP) is -0.594. The fourth-order valence-electron chi connectivity index (χ4n) is 1.06. The number of nitrogens with one attached hydrogen (secondary N) is 1.